The summed E-state index contributed by atoms with van der Waals surface area (Å²) in [6, 6.07) is 5.78. The zero-order valence-corrected chi connectivity index (χ0v) is 12.1. The first-order chi connectivity index (χ1) is 9.20. The summed E-state index contributed by atoms with van der Waals surface area (Å²) >= 11 is 0. The lowest BCUT2D eigenvalue weighted by molar-refractivity contribution is 0.203. The zero-order chi connectivity index (χ0) is 13.2. The van der Waals surface area contributed by atoms with Gasteiger partial charge in [-0.25, -0.2) is 0 Å². The molecule has 1 aliphatic heterocycles. The summed E-state index contributed by atoms with van der Waals surface area (Å²) < 4.78 is 0. The van der Waals surface area contributed by atoms with Crippen molar-refractivity contribution in [1.82, 2.24) is 15.2 Å². The van der Waals surface area contributed by atoms with Crippen LogP contribution in [0.5, 0.6) is 0 Å². The third-order valence-electron chi connectivity index (χ3n) is 4.49. The number of nitrogens with zero attached hydrogens (tertiary/aromatic N) is 2. The molecule has 1 N–H and O–H groups in total. The molecule has 2 fully saturated rings. The number of hydrogen-bond acceptors (Lipinski definition) is 3. The summed E-state index contributed by atoms with van der Waals surface area (Å²) in [7, 11) is 0. The maximum atomic E-state index is 4.62. The summed E-state index contributed by atoms with van der Waals surface area (Å²) in [4.78, 5) is 7.25. The number of pyridine rings is 1. The molecule has 3 rings (SSSR count). The summed E-state index contributed by atoms with van der Waals surface area (Å²) in [5.41, 5.74) is 2.50. The maximum Gasteiger partial charge on any atom is 0.0544 e. The quantitative estimate of drug-likeness (QED) is 0.881. The molecular weight excluding hydrogens is 234 g/mol. The van der Waals surface area contributed by atoms with Gasteiger partial charge in [-0.3, -0.25) is 9.88 Å². The van der Waals surface area contributed by atoms with E-state index >= 15 is 0 Å². The second kappa shape index (κ2) is 5.59. The van der Waals surface area contributed by atoms with Crippen LogP contribution < -0.4 is 5.32 Å². The monoisotopic (exact) mass is 259 g/mol. The molecule has 2 bridgehead atoms. The van der Waals surface area contributed by atoms with Crippen LogP contribution in [0, 0.1) is 5.92 Å². The van der Waals surface area contributed by atoms with E-state index in [-0.39, 0.29) is 0 Å². The van der Waals surface area contributed by atoms with Gasteiger partial charge < -0.3 is 5.32 Å². The highest BCUT2D eigenvalue weighted by Gasteiger charge is 2.37. The minimum Gasteiger partial charge on any atom is -0.310 e. The molecule has 1 saturated heterocycles. The molecule has 1 aliphatic carbocycles. The molecule has 2 unspecified atom stereocenters. The predicted octanol–water partition coefficient (Wildman–Crippen LogP) is 2.56. The van der Waals surface area contributed by atoms with Crippen LogP contribution in [0.4, 0.5) is 0 Å². The first-order valence-corrected chi connectivity index (χ1v) is 7.62. The zero-order valence-electron chi connectivity index (χ0n) is 12.1. The molecule has 0 spiro atoms. The van der Waals surface area contributed by atoms with Crippen LogP contribution in [0.1, 0.15) is 44.4 Å². The van der Waals surface area contributed by atoms with Crippen LogP contribution in [0.2, 0.25) is 0 Å². The number of fused-ring (bicyclic) bond motifs is 2. The predicted molar refractivity (Wildman–Crippen MR) is 77.8 cm³/mol. The highest BCUT2D eigenvalue weighted by atomic mass is 15.2. The third-order valence-corrected chi connectivity index (χ3v) is 4.49. The summed E-state index contributed by atoms with van der Waals surface area (Å²) in [6.45, 7) is 7.59. The first kappa shape index (κ1) is 13.1. The number of nitrogens with one attached hydrogen (secondary N) is 1. The fourth-order valence-electron chi connectivity index (χ4n) is 3.40. The van der Waals surface area contributed by atoms with Crippen molar-refractivity contribution >= 4 is 0 Å². The SMILES string of the molecule is CC(C)NCc1ccc(CN2CC3CCC2C3)nc1. The average molecular weight is 259 g/mol. The van der Waals surface area contributed by atoms with E-state index < -0.39 is 0 Å². The van der Waals surface area contributed by atoms with E-state index in [0.29, 0.717) is 6.04 Å². The largest absolute Gasteiger partial charge is 0.310 e. The van der Waals surface area contributed by atoms with Crippen molar-refractivity contribution in [2.24, 2.45) is 5.92 Å². The van der Waals surface area contributed by atoms with E-state index in [0.717, 1.165) is 25.0 Å². The van der Waals surface area contributed by atoms with Crippen LogP contribution in [0.15, 0.2) is 18.3 Å². The number of piperidine rings is 1. The Morgan fingerprint density at radius 3 is 2.84 bits per heavy atom. The second-order valence-corrected chi connectivity index (χ2v) is 6.46. The van der Waals surface area contributed by atoms with Gasteiger partial charge in [0.05, 0.1) is 5.69 Å². The lowest BCUT2D eigenvalue weighted by atomic mass is 10.1. The molecule has 1 saturated carbocycles. The Kier molecular flexibility index (Phi) is 3.85. The van der Waals surface area contributed by atoms with E-state index in [1.165, 1.54) is 37.1 Å². The van der Waals surface area contributed by atoms with Crippen molar-refractivity contribution in [3.63, 3.8) is 0 Å². The molecular formula is C16H25N3. The van der Waals surface area contributed by atoms with Crippen molar-refractivity contribution < 1.29 is 0 Å². The Labute approximate surface area is 116 Å². The van der Waals surface area contributed by atoms with Gasteiger partial charge in [0.2, 0.25) is 0 Å². The van der Waals surface area contributed by atoms with Gasteiger partial charge in [-0.15, -0.1) is 0 Å². The molecule has 104 valence electrons. The number of rotatable bonds is 5. The van der Waals surface area contributed by atoms with Crippen molar-refractivity contribution in [3.8, 4) is 0 Å². The van der Waals surface area contributed by atoms with Gasteiger partial charge in [0, 0.05) is 37.9 Å². The van der Waals surface area contributed by atoms with Gasteiger partial charge in [-0.2, -0.15) is 0 Å². The van der Waals surface area contributed by atoms with Gasteiger partial charge in [-0.05, 0) is 36.8 Å². The Morgan fingerprint density at radius 2 is 2.26 bits per heavy atom. The molecule has 0 radical (unpaired) electrons. The molecule has 2 heterocycles. The Morgan fingerprint density at radius 1 is 1.37 bits per heavy atom. The third kappa shape index (κ3) is 3.15. The fourth-order valence-corrected chi connectivity index (χ4v) is 3.40. The van der Waals surface area contributed by atoms with Crippen LogP contribution in [-0.4, -0.2) is 28.5 Å². The number of likely N-dealkylation sites (tertiary alicyclic amines) is 1. The van der Waals surface area contributed by atoms with E-state index in [9.17, 15) is 0 Å². The molecule has 2 atom stereocenters. The smallest absolute Gasteiger partial charge is 0.0544 e. The van der Waals surface area contributed by atoms with E-state index in [1.54, 1.807) is 0 Å². The number of hydrogen-bond donors (Lipinski definition) is 1. The molecule has 1 aromatic heterocycles. The van der Waals surface area contributed by atoms with Gasteiger partial charge >= 0.3 is 0 Å². The van der Waals surface area contributed by atoms with Crippen LogP contribution in [0.3, 0.4) is 0 Å². The van der Waals surface area contributed by atoms with Crippen LogP contribution in [-0.2, 0) is 13.1 Å². The highest BCUT2D eigenvalue weighted by molar-refractivity contribution is 5.14. The van der Waals surface area contributed by atoms with Crippen molar-refractivity contribution in [1.29, 1.82) is 0 Å². The maximum absolute atomic E-state index is 4.62. The lowest BCUT2D eigenvalue weighted by Crippen LogP contribution is -2.31. The molecule has 1 aromatic rings. The summed E-state index contributed by atoms with van der Waals surface area (Å²) in [5.74, 6) is 0.972. The minimum absolute atomic E-state index is 0.528. The van der Waals surface area contributed by atoms with E-state index in [1.807, 2.05) is 6.20 Å². The minimum atomic E-state index is 0.528. The standard InChI is InChI=1S/C16H25N3/c1-12(2)17-8-14-3-5-15(18-9-14)11-19-10-13-4-6-16(19)7-13/h3,5,9,12-13,16-17H,4,6-8,10-11H2,1-2H3. The van der Waals surface area contributed by atoms with Gasteiger partial charge in [0.15, 0.2) is 0 Å². The molecule has 0 aromatic carbocycles. The second-order valence-electron chi connectivity index (χ2n) is 6.46. The van der Waals surface area contributed by atoms with Gasteiger partial charge in [-0.1, -0.05) is 19.9 Å². The van der Waals surface area contributed by atoms with Gasteiger partial charge in [0.1, 0.15) is 0 Å². The van der Waals surface area contributed by atoms with Gasteiger partial charge in [0.25, 0.3) is 0 Å². The van der Waals surface area contributed by atoms with Crippen LogP contribution in [0.25, 0.3) is 0 Å². The highest BCUT2D eigenvalue weighted by Crippen LogP contribution is 2.37. The molecule has 0 amide bonds. The average Bonchev–Trinajstić information content (AvgIpc) is 3.00. The lowest BCUT2D eigenvalue weighted by Gasteiger charge is -2.26. The van der Waals surface area contributed by atoms with Crippen molar-refractivity contribution in [2.75, 3.05) is 6.54 Å². The Balaban J connectivity index is 1.54. The van der Waals surface area contributed by atoms with Crippen molar-refractivity contribution in [3.05, 3.63) is 29.6 Å². The van der Waals surface area contributed by atoms with Crippen LogP contribution >= 0.6 is 0 Å². The summed E-state index contributed by atoms with van der Waals surface area (Å²) in [6.07, 6.45) is 6.31. The van der Waals surface area contributed by atoms with E-state index in [2.05, 4.69) is 41.2 Å². The molecule has 3 heteroatoms. The molecule has 2 aliphatic rings. The summed E-state index contributed by atoms with van der Waals surface area (Å²) in [5, 5.41) is 3.43. The normalized spacial score (nSPS) is 26.5. The van der Waals surface area contributed by atoms with E-state index in [4.69, 9.17) is 0 Å². The molecule has 19 heavy (non-hydrogen) atoms. The Hall–Kier alpha value is -0.930. The van der Waals surface area contributed by atoms with Crippen molar-refractivity contribution in [2.45, 2.75) is 58.3 Å². The molecule has 3 nitrogen and oxygen atoms in total. The number of aromatic nitrogens is 1. The Bertz CT molecular complexity index is 413. The topological polar surface area (TPSA) is 28.2 Å². The first-order valence-electron chi connectivity index (χ1n) is 7.62. The fraction of sp³-hybridized carbons (Fsp3) is 0.688.